The lowest BCUT2D eigenvalue weighted by Crippen LogP contribution is -2.13. The lowest BCUT2D eigenvalue weighted by molar-refractivity contribution is 0.901. The van der Waals surface area contributed by atoms with E-state index in [9.17, 15) is 4.79 Å². The molecule has 1 rings (SSSR count). The fourth-order valence-corrected chi connectivity index (χ4v) is 0.843. The maximum atomic E-state index is 10.6. The maximum absolute atomic E-state index is 10.6. The van der Waals surface area contributed by atoms with Crippen LogP contribution in [0.4, 0.5) is 0 Å². The molecular weight excluding hydrogens is 184 g/mol. The first-order chi connectivity index (χ1) is 4.20. The van der Waals surface area contributed by atoms with E-state index < -0.39 is 0 Å². The van der Waals surface area contributed by atoms with Crippen molar-refractivity contribution in [3.63, 3.8) is 0 Å². The van der Waals surface area contributed by atoms with E-state index in [4.69, 9.17) is 0 Å². The standard InChI is InChI=1S/C5H5BrN2O/c1-4-2-3-5(9)8(6)7-4/h2-3H,1H3. The van der Waals surface area contributed by atoms with Crippen LogP contribution in [0.5, 0.6) is 0 Å². The van der Waals surface area contributed by atoms with E-state index >= 15 is 0 Å². The van der Waals surface area contributed by atoms with Crippen molar-refractivity contribution in [1.29, 1.82) is 0 Å². The maximum Gasteiger partial charge on any atom is 0.277 e. The van der Waals surface area contributed by atoms with Gasteiger partial charge < -0.3 is 0 Å². The molecular formula is C5H5BrN2O. The highest BCUT2D eigenvalue weighted by Crippen LogP contribution is 1.87. The topological polar surface area (TPSA) is 34.9 Å². The third-order valence-electron chi connectivity index (χ3n) is 0.895. The van der Waals surface area contributed by atoms with E-state index in [1.807, 2.05) is 6.92 Å². The van der Waals surface area contributed by atoms with Crippen molar-refractivity contribution in [3.05, 3.63) is 28.2 Å². The Kier molecular flexibility index (Phi) is 1.66. The van der Waals surface area contributed by atoms with Gasteiger partial charge in [0.15, 0.2) is 0 Å². The fourth-order valence-electron chi connectivity index (χ4n) is 0.474. The Bertz CT molecular complexity index is 268. The summed E-state index contributed by atoms with van der Waals surface area (Å²) in [7, 11) is 0. The van der Waals surface area contributed by atoms with Crippen LogP contribution in [0.25, 0.3) is 0 Å². The molecule has 0 aliphatic rings. The molecule has 0 aliphatic heterocycles. The minimum Gasteiger partial charge on any atom is -0.267 e. The van der Waals surface area contributed by atoms with Crippen molar-refractivity contribution < 1.29 is 0 Å². The molecule has 1 aromatic heterocycles. The van der Waals surface area contributed by atoms with Gasteiger partial charge in [-0.05, 0) is 13.0 Å². The van der Waals surface area contributed by atoms with Gasteiger partial charge in [-0.15, -0.1) is 0 Å². The van der Waals surface area contributed by atoms with Crippen molar-refractivity contribution in [1.82, 2.24) is 8.81 Å². The van der Waals surface area contributed by atoms with Crippen LogP contribution in [0, 0.1) is 6.92 Å². The molecule has 0 atom stereocenters. The molecule has 1 heterocycles. The molecule has 0 unspecified atom stereocenters. The molecule has 0 N–H and O–H groups in total. The first-order valence-corrected chi connectivity index (χ1v) is 3.14. The Morgan fingerprint density at radius 1 is 1.67 bits per heavy atom. The molecule has 48 valence electrons. The first-order valence-electron chi connectivity index (χ1n) is 2.43. The summed E-state index contributed by atoms with van der Waals surface area (Å²) in [5, 5.41) is 3.79. The van der Waals surface area contributed by atoms with Crippen LogP contribution in [0.3, 0.4) is 0 Å². The number of hydrogen-bond donors (Lipinski definition) is 0. The van der Waals surface area contributed by atoms with Crippen LogP contribution in [0.2, 0.25) is 0 Å². The number of aromatic nitrogens is 2. The molecule has 1 aromatic rings. The number of nitrogens with zero attached hydrogens (tertiary/aromatic N) is 2. The number of halogens is 1. The number of aryl methyl sites for hydroxylation is 1. The normalized spacial score (nSPS) is 9.56. The molecule has 0 fully saturated rings. The van der Waals surface area contributed by atoms with Crippen LogP contribution in [-0.2, 0) is 0 Å². The van der Waals surface area contributed by atoms with E-state index in [1.165, 1.54) is 6.07 Å². The molecule has 4 heteroatoms. The van der Waals surface area contributed by atoms with Gasteiger partial charge in [-0.3, -0.25) is 4.79 Å². The molecule has 0 amide bonds. The zero-order valence-electron chi connectivity index (χ0n) is 4.84. The van der Waals surface area contributed by atoms with Crippen LogP contribution in [0.15, 0.2) is 16.9 Å². The second-order valence-electron chi connectivity index (χ2n) is 1.67. The second-order valence-corrected chi connectivity index (χ2v) is 2.34. The average molecular weight is 189 g/mol. The third-order valence-corrected chi connectivity index (χ3v) is 1.40. The summed E-state index contributed by atoms with van der Waals surface area (Å²) >= 11 is 2.94. The van der Waals surface area contributed by atoms with Crippen LogP contribution >= 0.6 is 16.1 Å². The molecule has 0 spiro atoms. The van der Waals surface area contributed by atoms with E-state index in [0.717, 1.165) is 9.40 Å². The minimum atomic E-state index is -0.152. The lowest BCUT2D eigenvalue weighted by Gasteiger charge is -1.91. The minimum absolute atomic E-state index is 0.152. The Balaban J connectivity index is 3.34. The number of hydrogen-bond acceptors (Lipinski definition) is 2. The smallest absolute Gasteiger partial charge is 0.267 e. The zero-order valence-corrected chi connectivity index (χ0v) is 6.42. The Hall–Kier alpha value is -0.640. The molecule has 0 aromatic carbocycles. The summed E-state index contributed by atoms with van der Waals surface area (Å²) in [6.07, 6.45) is 0. The molecule has 0 saturated heterocycles. The van der Waals surface area contributed by atoms with Gasteiger partial charge in [0.2, 0.25) is 0 Å². The van der Waals surface area contributed by atoms with Gasteiger partial charge in [0.05, 0.1) is 21.8 Å². The summed E-state index contributed by atoms with van der Waals surface area (Å²) in [5.41, 5.74) is 0.659. The molecule has 0 aliphatic carbocycles. The molecule has 9 heavy (non-hydrogen) atoms. The van der Waals surface area contributed by atoms with Crippen LogP contribution < -0.4 is 5.56 Å². The average Bonchev–Trinajstić information content (AvgIpc) is 1.80. The van der Waals surface area contributed by atoms with Gasteiger partial charge in [0.1, 0.15) is 0 Å². The summed E-state index contributed by atoms with van der Waals surface area (Å²) in [6, 6.07) is 3.12. The van der Waals surface area contributed by atoms with Gasteiger partial charge in [-0.1, -0.05) is 0 Å². The van der Waals surface area contributed by atoms with Crippen molar-refractivity contribution in [2.24, 2.45) is 0 Å². The van der Waals surface area contributed by atoms with Gasteiger partial charge >= 0.3 is 0 Å². The fraction of sp³-hybridized carbons (Fsp3) is 0.200. The van der Waals surface area contributed by atoms with E-state index in [1.54, 1.807) is 6.07 Å². The quantitative estimate of drug-likeness (QED) is 0.602. The summed E-state index contributed by atoms with van der Waals surface area (Å²) in [4.78, 5) is 10.6. The lowest BCUT2D eigenvalue weighted by atomic mass is 10.4. The molecule has 0 radical (unpaired) electrons. The van der Waals surface area contributed by atoms with E-state index in [2.05, 4.69) is 21.2 Å². The van der Waals surface area contributed by atoms with Crippen molar-refractivity contribution >= 4 is 16.1 Å². The zero-order chi connectivity index (χ0) is 6.85. The van der Waals surface area contributed by atoms with E-state index in [-0.39, 0.29) is 5.56 Å². The predicted octanol–water partition coefficient (Wildman–Crippen LogP) is 0.710. The first kappa shape index (κ1) is 6.48. The molecule has 0 saturated carbocycles. The predicted molar refractivity (Wildman–Crippen MR) is 37.6 cm³/mol. The van der Waals surface area contributed by atoms with Gasteiger partial charge in [-0.25, -0.2) is 0 Å². The van der Waals surface area contributed by atoms with Crippen molar-refractivity contribution in [3.8, 4) is 0 Å². The highest BCUT2D eigenvalue weighted by Gasteiger charge is 1.89. The van der Waals surface area contributed by atoms with Crippen LogP contribution in [-0.4, -0.2) is 8.81 Å². The van der Waals surface area contributed by atoms with Gasteiger partial charge in [-0.2, -0.15) is 8.81 Å². The molecule has 3 nitrogen and oxygen atoms in total. The monoisotopic (exact) mass is 188 g/mol. The van der Waals surface area contributed by atoms with Crippen LogP contribution in [0.1, 0.15) is 5.69 Å². The summed E-state index contributed by atoms with van der Waals surface area (Å²) < 4.78 is 1.13. The molecule has 0 bridgehead atoms. The van der Waals surface area contributed by atoms with Crippen molar-refractivity contribution in [2.75, 3.05) is 0 Å². The number of rotatable bonds is 0. The SMILES string of the molecule is Cc1ccc(=O)n(Br)n1. The summed E-state index contributed by atoms with van der Waals surface area (Å²) in [6.45, 7) is 1.82. The van der Waals surface area contributed by atoms with Gasteiger partial charge in [0.25, 0.3) is 5.56 Å². The Morgan fingerprint density at radius 2 is 2.33 bits per heavy atom. The third kappa shape index (κ3) is 1.38. The summed E-state index contributed by atoms with van der Waals surface area (Å²) in [5.74, 6) is 0. The largest absolute Gasteiger partial charge is 0.277 e. The Morgan fingerprint density at radius 3 is 2.78 bits per heavy atom. The highest BCUT2D eigenvalue weighted by atomic mass is 79.9. The van der Waals surface area contributed by atoms with E-state index in [0.29, 0.717) is 0 Å². The highest BCUT2D eigenvalue weighted by molar-refractivity contribution is 9.08. The van der Waals surface area contributed by atoms with Gasteiger partial charge in [0, 0.05) is 6.07 Å². The Labute approximate surface area is 60.7 Å². The van der Waals surface area contributed by atoms with Crippen molar-refractivity contribution in [2.45, 2.75) is 6.92 Å². The second kappa shape index (κ2) is 2.31.